The van der Waals surface area contributed by atoms with E-state index in [1.165, 1.54) is 34.8 Å². The average Bonchev–Trinajstić information content (AvgIpc) is 2.90. The minimum atomic E-state index is -0.138. The molecule has 0 aromatic carbocycles. The first-order chi connectivity index (χ1) is 8.21. The van der Waals surface area contributed by atoms with Crippen molar-refractivity contribution in [1.82, 2.24) is 9.88 Å². The normalized spacial score (nSPS) is 23.9. The summed E-state index contributed by atoms with van der Waals surface area (Å²) in [6, 6.07) is 0. The van der Waals surface area contributed by atoms with Gasteiger partial charge in [-0.3, -0.25) is 0 Å². The van der Waals surface area contributed by atoms with Crippen LogP contribution in [0.2, 0.25) is 0 Å². The van der Waals surface area contributed by atoms with Crippen LogP contribution in [-0.4, -0.2) is 29.5 Å². The average molecular weight is 251 g/mol. The van der Waals surface area contributed by atoms with Crippen LogP contribution in [0.5, 0.6) is 0 Å². The van der Waals surface area contributed by atoms with E-state index >= 15 is 0 Å². The zero-order chi connectivity index (χ0) is 11.9. The standard InChI is InChI=1S/C13H21N3S/c1-2-16-8-6-13(14,7-9-16)12-15-10-4-3-5-11(10)17-12/h2-9,14H2,1H3. The van der Waals surface area contributed by atoms with E-state index in [2.05, 4.69) is 11.8 Å². The zero-order valence-electron chi connectivity index (χ0n) is 10.5. The van der Waals surface area contributed by atoms with Crippen LogP contribution in [0.1, 0.15) is 41.8 Å². The van der Waals surface area contributed by atoms with Crippen molar-refractivity contribution in [3.05, 3.63) is 15.6 Å². The van der Waals surface area contributed by atoms with Gasteiger partial charge in [-0.1, -0.05) is 6.92 Å². The molecular formula is C13H21N3S. The molecule has 1 aromatic heterocycles. The summed E-state index contributed by atoms with van der Waals surface area (Å²) in [5, 5.41) is 1.21. The smallest absolute Gasteiger partial charge is 0.113 e. The molecule has 0 radical (unpaired) electrons. The van der Waals surface area contributed by atoms with Gasteiger partial charge in [-0.25, -0.2) is 4.98 Å². The highest BCUT2D eigenvalue weighted by Gasteiger charge is 2.35. The molecule has 4 heteroatoms. The second-order valence-electron chi connectivity index (χ2n) is 5.33. The first kappa shape index (κ1) is 11.6. The molecule has 0 spiro atoms. The molecule has 2 heterocycles. The SMILES string of the molecule is CCN1CCC(N)(c2nc3c(s2)CCC3)CC1. The molecule has 0 amide bonds. The number of thiazole rings is 1. The largest absolute Gasteiger partial charge is 0.319 e. The lowest BCUT2D eigenvalue weighted by Gasteiger charge is -2.37. The Morgan fingerprint density at radius 1 is 1.35 bits per heavy atom. The fourth-order valence-corrected chi connectivity index (χ4v) is 4.19. The van der Waals surface area contributed by atoms with Gasteiger partial charge < -0.3 is 10.6 Å². The summed E-state index contributed by atoms with van der Waals surface area (Å²) in [6.45, 7) is 5.61. The Labute approximate surface area is 107 Å². The van der Waals surface area contributed by atoms with Crippen LogP contribution in [0.3, 0.4) is 0 Å². The molecule has 1 aliphatic carbocycles. The van der Waals surface area contributed by atoms with Gasteiger partial charge in [0.05, 0.1) is 11.2 Å². The van der Waals surface area contributed by atoms with Crippen molar-refractivity contribution in [3.63, 3.8) is 0 Å². The number of hydrogen-bond donors (Lipinski definition) is 1. The summed E-state index contributed by atoms with van der Waals surface area (Å²) in [6.07, 6.45) is 5.81. The number of fused-ring (bicyclic) bond motifs is 1. The number of piperidine rings is 1. The molecule has 2 aliphatic rings. The summed E-state index contributed by atoms with van der Waals surface area (Å²) in [4.78, 5) is 8.79. The minimum absolute atomic E-state index is 0.138. The Balaban J connectivity index is 1.78. The highest BCUT2D eigenvalue weighted by Crippen LogP contribution is 2.37. The number of nitrogens with two attached hydrogens (primary N) is 1. The van der Waals surface area contributed by atoms with Crippen molar-refractivity contribution in [1.29, 1.82) is 0 Å². The molecule has 1 aliphatic heterocycles. The van der Waals surface area contributed by atoms with Gasteiger partial charge in [-0.05, 0) is 38.6 Å². The molecule has 0 unspecified atom stereocenters. The number of rotatable bonds is 2. The van der Waals surface area contributed by atoms with E-state index in [1.807, 2.05) is 11.3 Å². The predicted molar refractivity (Wildman–Crippen MR) is 71.4 cm³/mol. The third-order valence-corrected chi connectivity index (χ3v) is 5.59. The van der Waals surface area contributed by atoms with Crippen molar-refractivity contribution < 1.29 is 0 Å². The van der Waals surface area contributed by atoms with Crippen molar-refractivity contribution in [2.45, 2.75) is 44.6 Å². The number of hydrogen-bond acceptors (Lipinski definition) is 4. The molecule has 0 saturated carbocycles. The van der Waals surface area contributed by atoms with Gasteiger partial charge in [0.1, 0.15) is 5.01 Å². The van der Waals surface area contributed by atoms with E-state index in [0.29, 0.717) is 0 Å². The summed E-state index contributed by atoms with van der Waals surface area (Å²) in [5.74, 6) is 0. The zero-order valence-corrected chi connectivity index (χ0v) is 11.4. The Morgan fingerprint density at radius 3 is 2.76 bits per heavy atom. The van der Waals surface area contributed by atoms with E-state index in [-0.39, 0.29) is 5.54 Å². The predicted octanol–water partition coefficient (Wildman–Crippen LogP) is 1.90. The van der Waals surface area contributed by atoms with E-state index < -0.39 is 0 Å². The van der Waals surface area contributed by atoms with Crippen LogP contribution in [-0.2, 0) is 18.4 Å². The first-order valence-corrected chi connectivity index (χ1v) is 7.53. The van der Waals surface area contributed by atoms with E-state index in [4.69, 9.17) is 10.7 Å². The van der Waals surface area contributed by atoms with Crippen molar-refractivity contribution >= 4 is 11.3 Å². The maximum atomic E-state index is 6.58. The third-order valence-electron chi connectivity index (χ3n) is 4.22. The lowest BCUT2D eigenvalue weighted by Crippen LogP contribution is -2.48. The highest BCUT2D eigenvalue weighted by atomic mass is 32.1. The lowest BCUT2D eigenvalue weighted by molar-refractivity contribution is 0.168. The molecule has 0 atom stereocenters. The molecular weight excluding hydrogens is 230 g/mol. The van der Waals surface area contributed by atoms with Gasteiger partial charge in [-0.15, -0.1) is 11.3 Å². The van der Waals surface area contributed by atoms with Gasteiger partial charge in [0, 0.05) is 18.0 Å². The topological polar surface area (TPSA) is 42.1 Å². The van der Waals surface area contributed by atoms with Crippen molar-refractivity contribution in [3.8, 4) is 0 Å². The van der Waals surface area contributed by atoms with E-state index in [0.717, 1.165) is 32.5 Å². The van der Waals surface area contributed by atoms with Crippen LogP contribution in [0, 0.1) is 0 Å². The number of nitrogens with zero attached hydrogens (tertiary/aromatic N) is 2. The first-order valence-electron chi connectivity index (χ1n) is 6.71. The quantitative estimate of drug-likeness (QED) is 0.873. The maximum Gasteiger partial charge on any atom is 0.113 e. The summed E-state index contributed by atoms with van der Waals surface area (Å²) < 4.78 is 0. The summed E-state index contributed by atoms with van der Waals surface area (Å²) in [5.41, 5.74) is 7.78. The van der Waals surface area contributed by atoms with E-state index in [1.54, 1.807) is 0 Å². The second kappa shape index (κ2) is 4.34. The Bertz CT molecular complexity index is 383. The highest BCUT2D eigenvalue weighted by molar-refractivity contribution is 7.12. The Hall–Kier alpha value is -0.450. The molecule has 94 valence electrons. The van der Waals surface area contributed by atoms with Crippen LogP contribution in [0.25, 0.3) is 0 Å². The summed E-state index contributed by atoms with van der Waals surface area (Å²) in [7, 11) is 0. The number of aromatic nitrogens is 1. The number of likely N-dealkylation sites (tertiary alicyclic amines) is 1. The molecule has 1 fully saturated rings. The molecule has 1 saturated heterocycles. The van der Waals surface area contributed by atoms with Gasteiger partial charge in [-0.2, -0.15) is 0 Å². The molecule has 1 aromatic rings. The third kappa shape index (κ3) is 2.02. The molecule has 0 bridgehead atoms. The van der Waals surface area contributed by atoms with Crippen molar-refractivity contribution in [2.24, 2.45) is 5.73 Å². The van der Waals surface area contributed by atoms with Gasteiger partial charge >= 0.3 is 0 Å². The van der Waals surface area contributed by atoms with Crippen LogP contribution < -0.4 is 5.73 Å². The van der Waals surface area contributed by atoms with Gasteiger partial charge in [0.15, 0.2) is 0 Å². The van der Waals surface area contributed by atoms with Gasteiger partial charge in [0.2, 0.25) is 0 Å². The lowest BCUT2D eigenvalue weighted by atomic mass is 9.89. The Kier molecular flexibility index (Phi) is 2.97. The minimum Gasteiger partial charge on any atom is -0.319 e. The molecule has 3 nitrogen and oxygen atoms in total. The molecule has 3 rings (SSSR count). The maximum absolute atomic E-state index is 6.58. The van der Waals surface area contributed by atoms with Crippen LogP contribution in [0.4, 0.5) is 0 Å². The molecule has 2 N–H and O–H groups in total. The van der Waals surface area contributed by atoms with Crippen LogP contribution in [0.15, 0.2) is 0 Å². The Morgan fingerprint density at radius 2 is 2.12 bits per heavy atom. The van der Waals surface area contributed by atoms with Crippen LogP contribution >= 0.6 is 11.3 Å². The number of aryl methyl sites for hydroxylation is 2. The molecule has 17 heavy (non-hydrogen) atoms. The fourth-order valence-electron chi connectivity index (χ4n) is 2.89. The second-order valence-corrected chi connectivity index (χ2v) is 6.42. The fraction of sp³-hybridized carbons (Fsp3) is 0.769. The van der Waals surface area contributed by atoms with Gasteiger partial charge in [0.25, 0.3) is 0 Å². The van der Waals surface area contributed by atoms with E-state index in [9.17, 15) is 0 Å². The van der Waals surface area contributed by atoms with Crippen molar-refractivity contribution in [2.75, 3.05) is 19.6 Å². The monoisotopic (exact) mass is 251 g/mol. The summed E-state index contributed by atoms with van der Waals surface area (Å²) >= 11 is 1.88.